The van der Waals surface area contributed by atoms with Gasteiger partial charge in [-0.15, -0.1) is 10.1 Å². The number of rotatable bonds is 0. The highest BCUT2D eigenvalue weighted by Gasteiger charge is 2.02. The zero-order valence-corrected chi connectivity index (χ0v) is 6.69. The molecule has 0 aromatic rings. The lowest BCUT2D eigenvalue weighted by atomic mass is 10.1. The fourth-order valence-electron chi connectivity index (χ4n) is 1.05. The molecule has 1 fully saturated rings. The number of hydrogen-bond acceptors (Lipinski definition) is 3. The Hall–Kier alpha value is -0.840. The third-order valence-electron chi connectivity index (χ3n) is 1.58. The molecule has 5 heteroatoms. The van der Waals surface area contributed by atoms with Crippen molar-refractivity contribution < 1.29 is 10.3 Å². The summed E-state index contributed by atoms with van der Waals surface area (Å²) in [6.07, 6.45) is 4.28. The topological polar surface area (TPSA) is 66.6 Å². The SMILES string of the molecule is CN1CCCCC1.O=[N+]([O-])O. The Labute approximate surface area is 65.7 Å². The summed E-state index contributed by atoms with van der Waals surface area (Å²) < 4.78 is 0. The zero-order chi connectivity index (χ0) is 8.69. The minimum Gasteiger partial charge on any atom is -0.328 e. The Morgan fingerprint density at radius 1 is 1.36 bits per heavy atom. The van der Waals surface area contributed by atoms with Crippen molar-refractivity contribution in [1.29, 1.82) is 0 Å². The first-order chi connectivity index (χ1) is 5.13. The lowest BCUT2D eigenvalue weighted by Crippen LogP contribution is -2.24. The van der Waals surface area contributed by atoms with Crippen molar-refractivity contribution in [2.24, 2.45) is 0 Å². The van der Waals surface area contributed by atoms with E-state index in [1.54, 1.807) is 0 Å². The van der Waals surface area contributed by atoms with Crippen LogP contribution >= 0.6 is 0 Å². The van der Waals surface area contributed by atoms with Gasteiger partial charge in [0.25, 0.3) is 5.09 Å². The number of nitrogens with zero attached hydrogens (tertiary/aromatic N) is 2. The standard InChI is InChI=1S/C6H13N.HNO3/c1-7-5-3-2-4-6-7;2-1(3)4/h2-6H2,1H3;(H,2,3,4). The van der Waals surface area contributed by atoms with Gasteiger partial charge < -0.3 is 10.1 Å². The van der Waals surface area contributed by atoms with E-state index in [9.17, 15) is 0 Å². The second-order valence-electron chi connectivity index (χ2n) is 2.60. The van der Waals surface area contributed by atoms with Crippen molar-refractivity contribution in [3.05, 3.63) is 10.1 Å². The van der Waals surface area contributed by atoms with Gasteiger partial charge in [-0.3, -0.25) is 0 Å². The van der Waals surface area contributed by atoms with Crippen LogP contribution in [0.3, 0.4) is 0 Å². The Kier molecular flexibility index (Phi) is 5.46. The van der Waals surface area contributed by atoms with Crippen molar-refractivity contribution in [3.8, 4) is 0 Å². The maximum absolute atomic E-state index is 8.36. The maximum atomic E-state index is 8.36. The van der Waals surface area contributed by atoms with Crippen molar-refractivity contribution in [3.63, 3.8) is 0 Å². The van der Waals surface area contributed by atoms with Gasteiger partial charge >= 0.3 is 0 Å². The summed E-state index contributed by atoms with van der Waals surface area (Å²) in [5, 5.41) is 13.6. The van der Waals surface area contributed by atoms with Crippen LogP contribution in [0.5, 0.6) is 0 Å². The van der Waals surface area contributed by atoms with Gasteiger partial charge in [-0.25, -0.2) is 0 Å². The largest absolute Gasteiger partial charge is 0.328 e. The van der Waals surface area contributed by atoms with Gasteiger partial charge in [0.2, 0.25) is 0 Å². The second kappa shape index (κ2) is 5.91. The summed E-state index contributed by atoms with van der Waals surface area (Å²) in [4.78, 5) is 10.8. The Bertz CT molecular complexity index is 108. The molecule has 1 rings (SSSR count). The average molecular weight is 162 g/mol. The fraction of sp³-hybridized carbons (Fsp3) is 1.00. The highest BCUT2D eigenvalue weighted by molar-refractivity contribution is 4.58. The normalized spacial score (nSPS) is 18.3. The molecule has 0 radical (unpaired) electrons. The molecule has 1 heterocycles. The summed E-state index contributed by atoms with van der Waals surface area (Å²) in [7, 11) is 2.19. The quantitative estimate of drug-likeness (QED) is 0.421. The van der Waals surface area contributed by atoms with E-state index in [2.05, 4.69) is 11.9 Å². The van der Waals surface area contributed by atoms with Gasteiger partial charge in [-0.2, -0.15) is 0 Å². The first kappa shape index (κ1) is 10.2. The van der Waals surface area contributed by atoms with Gasteiger partial charge in [0.15, 0.2) is 0 Å². The fourth-order valence-corrected chi connectivity index (χ4v) is 1.05. The Morgan fingerprint density at radius 2 is 1.73 bits per heavy atom. The van der Waals surface area contributed by atoms with Crippen LogP contribution in [0.15, 0.2) is 0 Å². The number of likely N-dealkylation sites (tertiary alicyclic amines) is 1. The molecule has 0 aromatic carbocycles. The molecule has 1 N–H and O–H groups in total. The molecule has 0 aliphatic carbocycles. The lowest BCUT2D eigenvalue weighted by molar-refractivity contribution is -0.742. The van der Waals surface area contributed by atoms with Crippen LogP contribution in [0.1, 0.15) is 19.3 Å². The third kappa shape index (κ3) is 9.16. The van der Waals surface area contributed by atoms with Crippen LogP contribution in [0.2, 0.25) is 0 Å². The van der Waals surface area contributed by atoms with E-state index in [1.807, 2.05) is 0 Å². The molecule has 11 heavy (non-hydrogen) atoms. The minimum absolute atomic E-state index is 1.32. The van der Waals surface area contributed by atoms with Gasteiger partial charge in [-0.1, -0.05) is 6.42 Å². The average Bonchev–Trinajstić information content (AvgIpc) is 1.87. The molecule has 66 valence electrons. The zero-order valence-electron chi connectivity index (χ0n) is 6.69. The van der Waals surface area contributed by atoms with E-state index in [0.29, 0.717) is 0 Å². The number of hydrogen-bond donors (Lipinski definition) is 1. The molecule has 5 nitrogen and oxygen atoms in total. The Balaban J connectivity index is 0.000000218. The highest BCUT2D eigenvalue weighted by atomic mass is 16.9. The van der Waals surface area contributed by atoms with E-state index in [-0.39, 0.29) is 0 Å². The smallest absolute Gasteiger partial charge is 0.291 e. The molecule has 1 aliphatic heterocycles. The molecule has 0 aromatic heterocycles. The van der Waals surface area contributed by atoms with Crippen LogP contribution in [0, 0.1) is 10.1 Å². The molecular formula is C6H14N2O3. The van der Waals surface area contributed by atoms with Gasteiger partial charge in [-0.05, 0) is 33.0 Å². The minimum atomic E-state index is -1.50. The van der Waals surface area contributed by atoms with Crippen LogP contribution < -0.4 is 0 Å². The third-order valence-corrected chi connectivity index (χ3v) is 1.58. The molecule has 0 spiro atoms. The molecule has 1 saturated heterocycles. The Morgan fingerprint density at radius 3 is 1.91 bits per heavy atom. The molecule has 0 bridgehead atoms. The predicted molar refractivity (Wildman–Crippen MR) is 40.1 cm³/mol. The van der Waals surface area contributed by atoms with Crippen molar-refractivity contribution in [2.45, 2.75) is 19.3 Å². The molecule has 1 aliphatic rings. The monoisotopic (exact) mass is 162 g/mol. The summed E-state index contributed by atoms with van der Waals surface area (Å²) in [5.74, 6) is 0. The van der Waals surface area contributed by atoms with Gasteiger partial charge in [0.05, 0.1) is 0 Å². The van der Waals surface area contributed by atoms with Gasteiger partial charge in [0, 0.05) is 0 Å². The first-order valence-electron chi connectivity index (χ1n) is 3.64. The first-order valence-corrected chi connectivity index (χ1v) is 3.64. The van der Waals surface area contributed by atoms with Crippen LogP contribution in [-0.2, 0) is 0 Å². The maximum Gasteiger partial charge on any atom is 0.291 e. The molecule has 0 amide bonds. The molecular weight excluding hydrogens is 148 g/mol. The van der Waals surface area contributed by atoms with E-state index >= 15 is 0 Å². The summed E-state index contributed by atoms with van der Waals surface area (Å²) in [6.45, 7) is 2.64. The summed E-state index contributed by atoms with van der Waals surface area (Å²) in [6, 6.07) is 0. The van der Waals surface area contributed by atoms with Crippen LogP contribution in [0.4, 0.5) is 0 Å². The van der Waals surface area contributed by atoms with E-state index < -0.39 is 5.09 Å². The number of piperidine rings is 1. The van der Waals surface area contributed by atoms with E-state index in [4.69, 9.17) is 15.3 Å². The van der Waals surface area contributed by atoms with E-state index in [1.165, 1.54) is 32.4 Å². The summed E-state index contributed by atoms with van der Waals surface area (Å²) >= 11 is 0. The second-order valence-corrected chi connectivity index (χ2v) is 2.60. The molecule has 0 unspecified atom stereocenters. The van der Waals surface area contributed by atoms with Crippen molar-refractivity contribution in [1.82, 2.24) is 4.90 Å². The van der Waals surface area contributed by atoms with Crippen LogP contribution in [0.25, 0.3) is 0 Å². The predicted octanol–water partition coefficient (Wildman–Crippen LogP) is 0.754. The van der Waals surface area contributed by atoms with Crippen molar-refractivity contribution in [2.75, 3.05) is 20.1 Å². The van der Waals surface area contributed by atoms with Crippen LogP contribution in [-0.4, -0.2) is 35.3 Å². The highest BCUT2D eigenvalue weighted by Crippen LogP contribution is 2.04. The van der Waals surface area contributed by atoms with E-state index in [0.717, 1.165) is 0 Å². The van der Waals surface area contributed by atoms with Crippen molar-refractivity contribution >= 4 is 0 Å². The lowest BCUT2D eigenvalue weighted by Gasteiger charge is -2.20. The molecule has 0 saturated carbocycles. The summed E-state index contributed by atoms with van der Waals surface area (Å²) in [5.41, 5.74) is 0. The van der Waals surface area contributed by atoms with Gasteiger partial charge in [0.1, 0.15) is 0 Å². The molecule has 0 atom stereocenters.